The fourth-order valence-corrected chi connectivity index (χ4v) is 8.78. The highest BCUT2D eigenvalue weighted by atomic mass is 33.1. The maximum absolute atomic E-state index is 13.4. The van der Waals surface area contributed by atoms with Gasteiger partial charge < -0.3 is 94.8 Å². The number of carbonyl (C=O) groups excluding carboxylic acids is 2. The van der Waals surface area contributed by atoms with Crippen LogP contribution >= 0.6 is 21.6 Å². The Hall–Kier alpha value is -2.60. The van der Waals surface area contributed by atoms with Crippen LogP contribution in [0, 0.1) is 0 Å². The van der Waals surface area contributed by atoms with Crippen molar-refractivity contribution in [3.63, 3.8) is 0 Å². The molecule has 21 nitrogen and oxygen atoms in total. The third-order valence-electron chi connectivity index (χ3n) is 9.64. The highest BCUT2D eigenvalue weighted by molar-refractivity contribution is 8.76. The average Bonchev–Trinajstić information content (AvgIpc) is 3.25. The van der Waals surface area contributed by atoms with Crippen molar-refractivity contribution in [1.82, 2.24) is 0 Å². The Labute approximate surface area is 357 Å². The molecule has 0 spiro atoms. The summed E-state index contributed by atoms with van der Waals surface area (Å²) in [5.41, 5.74) is -1.43. The normalized spacial score (nSPS) is 29.6. The van der Waals surface area contributed by atoms with Crippen molar-refractivity contribution in [2.45, 2.75) is 122 Å². The summed E-state index contributed by atoms with van der Waals surface area (Å²) in [6.45, 7) is -3.37. The third-order valence-corrected chi connectivity index (χ3v) is 12.2. The van der Waals surface area contributed by atoms with E-state index in [1.807, 2.05) is 0 Å². The van der Waals surface area contributed by atoms with Crippen molar-refractivity contribution in [2.24, 2.45) is 0 Å². The van der Waals surface area contributed by atoms with Crippen LogP contribution in [0.4, 0.5) is 0 Å². The zero-order valence-corrected chi connectivity index (χ0v) is 34.1. The van der Waals surface area contributed by atoms with Crippen LogP contribution in [-0.2, 0) is 38.0 Å². The van der Waals surface area contributed by atoms with Crippen molar-refractivity contribution in [1.29, 1.82) is 0 Å². The summed E-state index contributed by atoms with van der Waals surface area (Å²) in [6, 6.07) is 16.5. The Balaban J connectivity index is 1.46. The lowest BCUT2D eigenvalue weighted by atomic mass is 9.99. The van der Waals surface area contributed by atoms with Gasteiger partial charge in [-0.15, -0.1) is 0 Å². The molecule has 0 bridgehead atoms. The van der Waals surface area contributed by atoms with E-state index in [4.69, 9.17) is 28.4 Å². The number of carbonyl (C=O) groups is 2. The largest absolute Gasteiger partial charge is 0.445 e. The average molecular weight is 911 g/mol. The monoisotopic (exact) mass is 910 g/mol. The molecule has 23 heteroatoms. The molecule has 61 heavy (non-hydrogen) atoms. The SMILES string of the molecule is O=C(CC(O)[C@H](O[C@@H]1O[C@H](CO)[C@H](O)[C@H](O)[C@H]1O)[C@H](O)CO)OC(SSC(OC(=O)C[C@@H](O)[C@H](O[C@@H]1O[C@H](CO)[C@H](O)C[C@H]1O)[C@H](O)CO)c1ccccc1)c1ccccc1. The lowest BCUT2D eigenvalue weighted by Crippen LogP contribution is -2.61. The second kappa shape index (κ2) is 25.0. The Morgan fingerprint density at radius 2 is 1.00 bits per heavy atom. The van der Waals surface area contributed by atoms with Gasteiger partial charge in [0.2, 0.25) is 0 Å². The maximum atomic E-state index is 13.4. The molecule has 2 aliphatic heterocycles. The quantitative estimate of drug-likeness (QED) is 0.0292. The smallest absolute Gasteiger partial charge is 0.310 e. The lowest BCUT2D eigenvalue weighted by Gasteiger charge is -2.41. The highest BCUT2D eigenvalue weighted by Gasteiger charge is 2.47. The summed E-state index contributed by atoms with van der Waals surface area (Å²) in [5.74, 6) is -2.08. The van der Waals surface area contributed by atoms with Crippen molar-refractivity contribution < 1.29 is 104 Å². The predicted octanol–water partition coefficient (Wildman–Crippen LogP) is -3.54. The van der Waals surface area contributed by atoms with Crippen molar-refractivity contribution in [3.8, 4) is 0 Å². The summed E-state index contributed by atoms with van der Waals surface area (Å²) in [5, 5.41) is 132. The first-order chi connectivity index (χ1) is 29.1. The van der Waals surface area contributed by atoms with Gasteiger partial charge in [0.05, 0.1) is 57.6 Å². The highest BCUT2D eigenvalue weighted by Crippen LogP contribution is 2.47. The second-order valence-electron chi connectivity index (χ2n) is 14.2. The van der Waals surface area contributed by atoms with Crippen LogP contribution < -0.4 is 0 Å². The molecule has 0 aromatic heterocycles. The van der Waals surface area contributed by atoms with E-state index in [0.717, 1.165) is 21.6 Å². The molecule has 0 radical (unpaired) electrons. The number of esters is 2. The summed E-state index contributed by atoms with van der Waals surface area (Å²) in [7, 11) is 1.82. The number of hydrogen-bond donors (Lipinski definition) is 13. The van der Waals surface area contributed by atoms with Crippen molar-refractivity contribution in [2.75, 3.05) is 26.4 Å². The first kappa shape index (κ1) is 51.0. The van der Waals surface area contributed by atoms with Gasteiger partial charge in [0.25, 0.3) is 0 Å². The van der Waals surface area contributed by atoms with Gasteiger partial charge in [-0.2, -0.15) is 0 Å². The van der Waals surface area contributed by atoms with Crippen LogP contribution in [0.1, 0.15) is 41.3 Å². The number of aliphatic hydroxyl groups excluding tert-OH is 13. The third kappa shape index (κ3) is 14.5. The molecule has 2 fully saturated rings. The minimum Gasteiger partial charge on any atom is -0.445 e. The van der Waals surface area contributed by atoms with E-state index >= 15 is 0 Å². The second-order valence-corrected chi connectivity index (χ2v) is 16.6. The Morgan fingerprint density at radius 3 is 1.43 bits per heavy atom. The van der Waals surface area contributed by atoms with Gasteiger partial charge in [-0.25, -0.2) is 0 Å². The summed E-state index contributed by atoms with van der Waals surface area (Å²) in [4.78, 5) is 26.7. The fourth-order valence-electron chi connectivity index (χ4n) is 6.24. The molecule has 2 aliphatic rings. The van der Waals surface area contributed by atoms with Crippen LogP contribution in [0.15, 0.2) is 60.7 Å². The van der Waals surface area contributed by atoms with E-state index < -0.39 is 154 Å². The number of aliphatic hydroxyl groups is 13. The van der Waals surface area contributed by atoms with Crippen LogP contribution in [0.25, 0.3) is 0 Å². The Morgan fingerprint density at radius 1 is 0.574 bits per heavy atom. The molecule has 13 N–H and O–H groups in total. The number of ether oxygens (including phenoxy) is 6. The van der Waals surface area contributed by atoms with Gasteiger partial charge >= 0.3 is 11.9 Å². The number of rotatable bonds is 23. The van der Waals surface area contributed by atoms with Crippen LogP contribution in [0.2, 0.25) is 0 Å². The van der Waals surface area contributed by atoms with E-state index in [9.17, 15) is 76.0 Å². The van der Waals surface area contributed by atoms with E-state index in [1.165, 1.54) is 0 Å². The zero-order chi connectivity index (χ0) is 44.8. The molecule has 4 rings (SSSR count). The molecule has 0 amide bonds. The van der Waals surface area contributed by atoms with E-state index in [-0.39, 0.29) is 6.42 Å². The fraction of sp³-hybridized carbons (Fsp3) is 0.632. The summed E-state index contributed by atoms with van der Waals surface area (Å²) < 4.78 is 33.1. The van der Waals surface area contributed by atoms with Crippen molar-refractivity contribution in [3.05, 3.63) is 71.8 Å². The molecule has 17 atom stereocenters. The lowest BCUT2D eigenvalue weighted by molar-refractivity contribution is -0.324. The number of benzene rings is 2. The molecule has 344 valence electrons. The maximum Gasteiger partial charge on any atom is 0.310 e. The minimum absolute atomic E-state index is 0.281. The molecule has 0 aliphatic carbocycles. The van der Waals surface area contributed by atoms with Gasteiger partial charge in [-0.05, 0) is 21.6 Å². The minimum atomic E-state index is -1.93. The Kier molecular flexibility index (Phi) is 20.9. The molecule has 2 saturated heterocycles. The number of hydrogen-bond acceptors (Lipinski definition) is 23. The topological polar surface area (TPSA) is 353 Å². The van der Waals surface area contributed by atoms with Gasteiger partial charge in [-0.1, -0.05) is 60.7 Å². The van der Waals surface area contributed by atoms with Crippen LogP contribution in [-0.4, -0.2) is 197 Å². The summed E-state index contributed by atoms with van der Waals surface area (Å²) in [6.07, 6.45) is -27.1. The Bertz CT molecular complexity index is 1580. The van der Waals surface area contributed by atoms with Crippen LogP contribution in [0.3, 0.4) is 0 Å². The predicted molar refractivity (Wildman–Crippen MR) is 209 cm³/mol. The van der Waals surface area contributed by atoms with Crippen LogP contribution in [0.5, 0.6) is 0 Å². The van der Waals surface area contributed by atoms with Crippen molar-refractivity contribution >= 4 is 33.5 Å². The van der Waals surface area contributed by atoms with Gasteiger partial charge in [0.1, 0.15) is 61.0 Å². The molecular formula is C38H54O21S2. The molecule has 0 saturated carbocycles. The molecule has 2 aromatic rings. The zero-order valence-electron chi connectivity index (χ0n) is 32.4. The van der Waals surface area contributed by atoms with E-state index in [1.54, 1.807) is 60.7 Å². The standard InChI is InChI=1S/C38H54O21S2/c39-14-24(47)33(58-35-23(46)11-20(43)26(16-41)54-35)21(44)12-28(49)56-37(18-7-3-1-4-8-18)60-61-38(19-9-5-2-6-10-19)57-29(50)13-22(45)34(25(48)15-40)59-36-32(53)31(52)30(51)27(17-42)55-36/h1-10,20-27,30-48,51-53H,11-17H2/t20-,21-,22?,23-,24-,25-,26-,27-,30+,31+,32-,33+,34+,35+,36+,37?,38?/m1/s1. The molecule has 2 aromatic carbocycles. The van der Waals surface area contributed by atoms with Gasteiger partial charge in [0.15, 0.2) is 23.5 Å². The molecule has 2 heterocycles. The molecule has 3 unspecified atom stereocenters. The molecular weight excluding hydrogens is 857 g/mol. The first-order valence-electron chi connectivity index (χ1n) is 19.1. The van der Waals surface area contributed by atoms with E-state index in [2.05, 4.69) is 0 Å². The van der Waals surface area contributed by atoms with E-state index in [0.29, 0.717) is 11.1 Å². The first-order valence-corrected chi connectivity index (χ1v) is 21.4. The van der Waals surface area contributed by atoms with Gasteiger partial charge in [0, 0.05) is 17.5 Å². The van der Waals surface area contributed by atoms with Gasteiger partial charge in [-0.3, -0.25) is 9.59 Å². The summed E-state index contributed by atoms with van der Waals surface area (Å²) >= 11 is 0.